The Morgan fingerprint density at radius 1 is 1.26 bits per heavy atom. The molecule has 2 heterocycles. The van der Waals surface area contributed by atoms with Crippen molar-refractivity contribution in [2.75, 3.05) is 19.6 Å². The van der Waals surface area contributed by atoms with E-state index in [2.05, 4.69) is 42.8 Å². The van der Waals surface area contributed by atoms with E-state index >= 15 is 0 Å². The first-order chi connectivity index (χ1) is 11.0. The van der Waals surface area contributed by atoms with Gasteiger partial charge in [-0.15, -0.1) is 0 Å². The van der Waals surface area contributed by atoms with Crippen LogP contribution in [0, 0.1) is 11.3 Å². The molecule has 126 valence electrons. The molecule has 3 nitrogen and oxygen atoms in total. The van der Waals surface area contributed by atoms with Crippen LogP contribution in [0.5, 0.6) is 0 Å². The van der Waals surface area contributed by atoms with E-state index in [4.69, 9.17) is 0 Å². The molecule has 0 amide bonds. The number of β-amino-alcohol motifs (C(OH)–C–C–N with tert-alkyl or cyclic N) is 1. The molecule has 1 N–H and O–H groups in total. The van der Waals surface area contributed by atoms with Gasteiger partial charge < -0.3 is 5.11 Å². The topological polar surface area (TPSA) is 36.4 Å². The predicted molar refractivity (Wildman–Crippen MR) is 94.2 cm³/mol. The van der Waals surface area contributed by atoms with Gasteiger partial charge in [0.1, 0.15) is 0 Å². The Balaban J connectivity index is 1.65. The number of pyridine rings is 1. The first kappa shape index (κ1) is 16.7. The summed E-state index contributed by atoms with van der Waals surface area (Å²) in [6.45, 7) is 9.90. The molecule has 3 heteroatoms. The average molecular weight is 314 g/mol. The van der Waals surface area contributed by atoms with Crippen molar-refractivity contribution >= 4 is 0 Å². The van der Waals surface area contributed by atoms with Crippen LogP contribution in [0.3, 0.4) is 0 Å². The van der Waals surface area contributed by atoms with Gasteiger partial charge in [-0.05, 0) is 55.7 Å². The maximum atomic E-state index is 10.5. The molecule has 1 saturated heterocycles. The summed E-state index contributed by atoms with van der Waals surface area (Å²) in [7, 11) is 0. The summed E-state index contributed by atoms with van der Waals surface area (Å²) in [6.07, 6.45) is 8.26. The van der Waals surface area contributed by atoms with Crippen LogP contribution < -0.4 is 0 Å². The van der Waals surface area contributed by atoms with Crippen LogP contribution in [0.1, 0.15) is 45.6 Å². The van der Waals surface area contributed by atoms with Gasteiger partial charge in [0, 0.05) is 37.9 Å². The molecule has 0 spiro atoms. The van der Waals surface area contributed by atoms with E-state index in [1.807, 2.05) is 12.4 Å². The SMILES string of the molecule is CC1=C(CN2C[C@@H](Cc3ccncc3)[C@H](O)C2)C(C)(C)CCC1. The lowest BCUT2D eigenvalue weighted by Crippen LogP contribution is -2.32. The summed E-state index contributed by atoms with van der Waals surface area (Å²) >= 11 is 0. The molecule has 1 aliphatic carbocycles. The standard InChI is InChI=1S/C20H30N2O/c1-15-5-4-8-20(2,3)18(15)13-22-12-17(19(23)14-22)11-16-6-9-21-10-7-16/h6-7,9-10,17,19,23H,4-5,8,11-14H2,1-3H3/t17-,19-/m1/s1. The first-order valence-corrected chi connectivity index (χ1v) is 8.94. The number of likely N-dealkylation sites (tertiary alicyclic amines) is 1. The summed E-state index contributed by atoms with van der Waals surface area (Å²) in [5, 5.41) is 10.5. The third kappa shape index (κ3) is 3.84. The summed E-state index contributed by atoms with van der Waals surface area (Å²) in [4.78, 5) is 6.54. The lowest BCUT2D eigenvalue weighted by molar-refractivity contribution is 0.141. The third-order valence-electron chi connectivity index (χ3n) is 5.80. The summed E-state index contributed by atoms with van der Waals surface area (Å²) < 4.78 is 0. The monoisotopic (exact) mass is 314 g/mol. The second kappa shape index (κ2) is 6.74. The second-order valence-corrected chi connectivity index (χ2v) is 8.08. The highest BCUT2D eigenvalue weighted by molar-refractivity contribution is 5.24. The van der Waals surface area contributed by atoms with Crippen molar-refractivity contribution in [1.29, 1.82) is 0 Å². The maximum Gasteiger partial charge on any atom is 0.0710 e. The van der Waals surface area contributed by atoms with E-state index in [1.54, 1.807) is 11.1 Å². The summed E-state index contributed by atoms with van der Waals surface area (Å²) in [5.41, 5.74) is 4.78. The quantitative estimate of drug-likeness (QED) is 0.865. The molecule has 0 unspecified atom stereocenters. The molecule has 23 heavy (non-hydrogen) atoms. The van der Waals surface area contributed by atoms with Gasteiger partial charge in [0.05, 0.1) is 6.10 Å². The van der Waals surface area contributed by atoms with Crippen LogP contribution in [0.4, 0.5) is 0 Å². The molecule has 1 aliphatic heterocycles. The lowest BCUT2D eigenvalue weighted by Gasteiger charge is -2.36. The van der Waals surface area contributed by atoms with E-state index < -0.39 is 0 Å². The minimum Gasteiger partial charge on any atom is -0.391 e. The second-order valence-electron chi connectivity index (χ2n) is 8.08. The highest BCUT2D eigenvalue weighted by Gasteiger charge is 2.35. The van der Waals surface area contributed by atoms with Gasteiger partial charge in [0.15, 0.2) is 0 Å². The number of aliphatic hydroxyl groups excluding tert-OH is 1. The zero-order chi connectivity index (χ0) is 16.4. The van der Waals surface area contributed by atoms with E-state index in [0.717, 1.165) is 26.1 Å². The third-order valence-corrected chi connectivity index (χ3v) is 5.80. The van der Waals surface area contributed by atoms with Gasteiger partial charge in [-0.1, -0.05) is 25.0 Å². The minimum atomic E-state index is -0.212. The van der Waals surface area contributed by atoms with Crippen LogP contribution in [0.2, 0.25) is 0 Å². The summed E-state index contributed by atoms with van der Waals surface area (Å²) in [5.74, 6) is 0.338. The molecule has 0 aromatic carbocycles. The van der Waals surface area contributed by atoms with Crippen molar-refractivity contribution in [3.63, 3.8) is 0 Å². The van der Waals surface area contributed by atoms with Crippen LogP contribution in [0.25, 0.3) is 0 Å². The number of hydrogen-bond donors (Lipinski definition) is 1. The van der Waals surface area contributed by atoms with Gasteiger partial charge in [0.25, 0.3) is 0 Å². The largest absolute Gasteiger partial charge is 0.391 e. The number of allylic oxidation sites excluding steroid dienone is 1. The Morgan fingerprint density at radius 2 is 2.00 bits per heavy atom. The van der Waals surface area contributed by atoms with Crippen LogP contribution in [-0.4, -0.2) is 40.7 Å². The molecule has 2 atom stereocenters. The molecule has 1 fully saturated rings. The number of aromatic nitrogens is 1. The molecule has 0 radical (unpaired) electrons. The lowest BCUT2D eigenvalue weighted by atomic mass is 9.72. The van der Waals surface area contributed by atoms with Gasteiger partial charge >= 0.3 is 0 Å². The minimum absolute atomic E-state index is 0.212. The van der Waals surface area contributed by atoms with E-state index in [1.165, 1.54) is 24.8 Å². The van der Waals surface area contributed by atoms with E-state index in [-0.39, 0.29) is 6.10 Å². The molecule has 0 saturated carbocycles. The van der Waals surface area contributed by atoms with Gasteiger partial charge in [-0.25, -0.2) is 0 Å². The van der Waals surface area contributed by atoms with Gasteiger partial charge in [0.2, 0.25) is 0 Å². The smallest absolute Gasteiger partial charge is 0.0710 e. The molecular weight excluding hydrogens is 284 g/mol. The molecule has 1 aromatic rings. The van der Waals surface area contributed by atoms with Gasteiger partial charge in [-0.2, -0.15) is 0 Å². The van der Waals surface area contributed by atoms with Crippen molar-refractivity contribution < 1.29 is 5.11 Å². The van der Waals surface area contributed by atoms with Crippen molar-refractivity contribution in [2.45, 2.75) is 52.6 Å². The molecule has 1 aromatic heterocycles. The maximum absolute atomic E-state index is 10.5. The average Bonchev–Trinajstić information content (AvgIpc) is 2.84. The molecule has 2 aliphatic rings. The van der Waals surface area contributed by atoms with Crippen molar-refractivity contribution in [3.05, 3.63) is 41.2 Å². The molecular formula is C20H30N2O. The predicted octanol–water partition coefficient (Wildman–Crippen LogP) is 3.44. The Kier molecular flexibility index (Phi) is 4.88. The number of hydrogen-bond acceptors (Lipinski definition) is 3. The summed E-state index contributed by atoms with van der Waals surface area (Å²) in [6, 6.07) is 4.12. The van der Waals surface area contributed by atoms with E-state index in [9.17, 15) is 5.11 Å². The highest BCUT2D eigenvalue weighted by atomic mass is 16.3. The van der Waals surface area contributed by atoms with E-state index in [0.29, 0.717) is 11.3 Å². The Hall–Kier alpha value is -1.19. The molecule has 3 rings (SSSR count). The normalized spacial score (nSPS) is 28.3. The first-order valence-electron chi connectivity index (χ1n) is 8.94. The van der Waals surface area contributed by atoms with Crippen molar-refractivity contribution in [3.8, 4) is 0 Å². The van der Waals surface area contributed by atoms with Crippen molar-refractivity contribution in [1.82, 2.24) is 9.88 Å². The fourth-order valence-electron chi connectivity index (χ4n) is 4.34. The Bertz CT molecular complexity index is 564. The van der Waals surface area contributed by atoms with Gasteiger partial charge in [-0.3, -0.25) is 9.88 Å². The number of rotatable bonds is 4. The van der Waals surface area contributed by atoms with Crippen LogP contribution in [-0.2, 0) is 6.42 Å². The number of aliphatic hydroxyl groups is 1. The highest BCUT2D eigenvalue weighted by Crippen LogP contribution is 2.41. The fourth-order valence-corrected chi connectivity index (χ4v) is 4.34. The molecule has 0 bridgehead atoms. The zero-order valence-corrected chi connectivity index (χ0v) is 14.8. The van der Waals surface area contributed by atoms with Crippen molar-refractivity contribution in [2.24, 2.45) is 11.3 Å². The number of nitrogens with zero attached hydrogens (tertiary/aromatic N) is 2. The van der Waals surface area contributed by atoms with Crippen LogP contribution >= 0.6 is 0 Å². The Morgan fingerprint density at radius 3 is 2.70 bits per heavy atom. The fraction of sp³-hybridized carbons (Fsp3) is 0.650. The zero-order valence-electron chi connectivity index (χ0n) is 14.8. The van der Waals surface area contributed by atoms with Crippen LogP contribution in [0.15, 0.2) is 35.7 Å². The Labute approximate surface area is 140 Å².